The van der Waals surface area contributed by atoms with E-state index in [4.69, 9.17) is 11.6 Å². The number of hydrogen-bond acceptors (Lipinski definition) is 4. The van der Waals surface area contributed by atoms with Crippen molar-refractivity contribution in [2.75, 3.05) is 13.1 Å². The average molecular weight is 374 g/mol. The minimum Gasteiger partial charge on any atom is -0.347 e. The number of benzene rings is 1. The molecule has 6 nitrogen and oxygen atoms in total. The van der Waals surface area contributed by atoms with E-state index in [1.165, 1.54) is 5.56 Å². The molecule has 1 fully saturated rings. The van der Waals surface area contributed by atoms with Crippen molar-refractivity contribution in [2.24, 2.45) is 11.8 Å². The average Bonchev–Trinajstić information content (AvgIpc) is 3.14. The first kappa shape index (κ1) is 17.5. The van der Waals surface area contributed by atoms with Gasteiger partial charge in [-0.2, -0.15) is 0 Å². The van der Waals surface area contributed by atoms with Crippen LogP contribution in [-0.4, -0.2) is 44.7 Å². The van der Waals surface area contributed by atoms with Crippen LogP contribution in [-0.2, 0) is 19.5 Å². The van der Waals surface area contributed by atoms with E-state index in [1.807, 2.05) is 36.6 Å². The molecule has 0 bridgehead atoms. The predicted molar refractivity (Wildman–Crippen MR) is 100 cm³/mol. The molecule has 2 aliphatic rings. The van der Waals surface area contributed by atoms with Crippen LogP contribution < -0.4 is 5.32 Å². The minimum atomic E-state index is -0.133. The monoisotopic (exact) mass is 373 g/mol. The number of likely N-dealkylation sites (tertiary alicyclic amines) is 1. The van der Waals surface area contributed by atoms with Gasteiger partial charge in [-0.15, -0.1) is 10.2 Å². The fraction of sp³-hybridized carbons (Fsp3) is 0.526. The second kappa shape index (κ2) is 7.00. The highest BCUT2D eigenvalue weighted by Gasteiger charge is 2.39. The molecule has 138 valence electrons. The number of hydrogen-bond donors (Lipinski definition) is 1. The van der Waals surface area contributed by atoms with E-state index in [0.717, 1.165) is 43.4 Å². The summed E-state index contributed by atoms with van der Waals surface area (Å²) in [5.74, 6) is 2.35. The van der Waals surface area contributed by atoms with Crippen molar-refractivity contribution in [3.8, 4) is 0 Å². The molecule has 2 aliphatic heterocycles. The molecule has 2 aromatic rings. The third-order valence-corrected chi connectivity index (χ3v) is 5.49. The fourth-order valence-electron chi connectivity index (χ4n) is 4.14. The van der Waals surface area contributed by atoms with Gasteiger partial charge in [-0.05, 0) is 43.4 Å². The van der Waals surface area contributed by atoms with Crippen molar-refractivity contribution in [3.63, 3.8) is 0 Å². The number of carbonyl (C=O) groups is 1. The highest BCUT2D eigenvalue weighted by molar-refractivity contribution is 6.30. The van der Waals surface area contributed by atoms with E-state index >= 15 is 0 Å². The van der Waals surface area contributed by atoms with Crippen molar-refractivity contribution < 1.29 is 4.79 Å². The van der Waals surface area contributed by atoms with Gasteiger partial charge in [-0.25, -0.2) is 0 Å². The van der Waals surface area contributed by atoms with Gasteiger partial charge in [-0.1, -0.05) is 23.7 Å². The summed E-state index contributed by atoms with van der Waals surface area (Å²) >= 11 is 6.11. The lowest BCUT2D eigenvalue weighted by Crippen LogP contribution is -2.35. The van der Waals surface area contributed by atoms with E-state index < -0.39 is 0 Å². The zero-order valence-electron chi connectivity index (χ0n) is 15.2. The van der Waals surface area contributed by atoms with Gasteiger partial charge >= 0.3 is 0 Å². The van der Waals surface area contributed by atoms with Gasteiger partial charge in [0.1, 0.15) is 5.82 Å². The number of amides is 1. The van der Waals surface area contributed by atoms with Gasteiger partial charge in [0.05, 0.1) is 0 Å². The molecule has 2 atom stereocenters. The zero-order chi connectivity index (χ0) is 18.3. The van der Waals surface area contributed by atoms with E-state index in [2.05, 4.69) is 26.5 Å². The Morgan fingerprint density at radius 1 is 1.27 bits per heavy atom. The van der Waals surface area contributed by atoms with Crippen molar-refractivity contribution in [3.05, 3.63) is 46.5 Å². The number of carbonyl (C=O) groups excluding carboxylic acids is 1. The van der Waals surface area contributed by atoms with Crippen LogP contribution in [0.3, 0.4) is 0 Å². The van der Waals surface area contributed by atoms with Crippen molar-refractivity contribution >= 4 is 17.5 Å². The molecule has 26 heavy (non-hydrogen) atoms. The fourth-order valence-corrected chi connectivity index (χ4v) is 4.35. The van der Waals surface area contributed by atoms with Crippen molar-refractivity contribution in [2.45, 2.75) is 39.4 Å². The molecule has 0 saturated carbocycles. The number of aromatic nitrogens is 3. The number of rotatable bonds is 4. The summed E-state index contributed by atoms with van der Waals surface area (Å²) in [6.45, 7) is 7.71. The molecule has 1 saturated heterocycles. The Morgan fingerprint density at radius 2 is 2.08 bits per heavy atom. The third kappa shape index (κ3) is 3.48. The summed E-state index contributed by atoms with van der Waals surface area (Å²) in [5, 5.41) is 12.1. The Kier molecular flexibility index (Phi) is 4.71. The van der Waals surface area contributed by atoms with Crippen molar-refractivity contribution in [1.29, 1.82) is 0 Å². The summed E-state index contributed by atoms with van der Waals surface area (Å²) in [7, 11) is 0. The van der Waals surface area contributed by atoms with Crippen LogP contribution in [0.25, 0.3) is 0 Å². The van der Waals surface area contributed by atoms with Crippen LogP contribution in [0.4, 0.5) is 0 Å². The lowest BCUT2D eigenvalue weighted by Gasteiger charge is -2.25. The maximum atomic E-state index is 12.4. The van der Waals surface area contributed by atoms with Crippen LogP contribution in [0, 0.1) is 11.8 Å². The molecule has 7 heteroatoms. The molecule has 4 rings (SSSR count). The Hall–Kier alpha value is -1.92. The van der Waals surface area contributed by atoms with Crippen LogP contribution in [0.5, 0.6) is 0 Å². The second-order valence-electron chi connectivity index (χ2n) is 7.73. The first-order valence-corrected chi connectivity index (χ1v) is 9.57. The van der Waals surface area contributed by atoms with Crippen LogP contribution in [0.1, 0.15) is 35.9 Å². The normalized spacial score (nSPS) is 22.3. The van der Waals surface area contributed by atoms with E-state index in [0.29, 0.717) is 17.7 Å². The highest BCUT2D eigenvalue weighted by atomic mass is 35.5. The highest BCUT2D eigenvalue weighted by Crippen LogP contribution is 2.33. The summed E-state index contributed by atoms with van der Waals surface area (Å²) in [5.41, 5.74) is 1.24. The van der Waals surface area contributed by atoms with Gasteiger partial charge in [0.15, 0.2) is 0 Å². The van der Waals surface area contributed by atoms with E-state index in [-0.39, 0.29) is 11.9 Å². The first-order chi connectivity index (χ1) is 12.5. The molecule has 0 radical (unpaired) electrons. The number of fused-ring (bicyclic) bond motifs is 2. The molecule has 3 heterocycles. The lowest BCUT2D eigenvalue weighted by molar-refractivity contribution is 0.0924. The number of nitrogens with zero attached hydrogens (tertiary/aromatic N) is 4. The quantitative estimate of drug-likeness (QED) is 0.893. The zero-order valence-corrected chi connectivity index (χ0v) is 15.9. The lowest BCUT2D eigenvalue weighted by atomic mass is 9.89. The Labute approximate surface area is 158 Å². The number of halogens is 1. The van der Waals surface area contributed by atoms with Crippen LogP contribution in [0.15, 0.2) is 24.3 Å². The van der Waals surface area contributed by atoms with Gasteiger partial charge in [0.25, 0.3) is 5.91 Å². The van der Waals surface area contributed by atoms with Gasteiger partial charge in [0.2, 0.25) is 5.82 Å². The second-order valence-corrected chi connectivity index (χ2v) is 8.16. The molecule has 1 aromatic heterocycles. The summed E-state index contributed by atoms with van der Waals surface area (Å²) in [4.78, 5) is 14.8. The Balaban J connectivity index is 1.45. The molecule has 2 unspecified atom stereocenters. The Bertz CT molecular complexity index is 818. The molecule has 1 N–H and O–H groups in total. The van der Waals surface area contributed by atoms with Gasteiger partial charge < -0.3 is 9.88 Å². The summed E-state index contributed by atoms with van der Waals surface area (Å²) in [6.07, 6.45) is 0.888. The smallest absolute Gasteiger partial charge is 0.289 e. The molecular formula is C19H24ClN5O. The summed E-state index contributed by atoms with van der Waals surface area (Å²) < 4.78 is 2.02. The maximum absolute atomic E-state index is 12.4. The molecule has 1 amide bonds. The maximum Gasteiger partial charge on any atom is 0.289 e. The molecule has 0 aliphatic carbocycles. The molecular weight excluding hydrogens is 350 g/mol. The predicted octanol–water partition coefficient (Wildman–Crippen LogP) is 2.37. The number of nitrogens with one attached hydrogen (secondary N) is 1. The standard InChI is InChI=1S/C19H24ClN5O/c1-12(2)21-19(26)18-23-22-17-7-14-9-24(10-15(14)11-25(17)18)8-13-4-3-5-16(20)6-13/h3-6,12,14-15H,7-11H2,1-2H3,(H,21,26). The van der Waals surface area contributed by atoms with Crippen LogP contribution in [0.2, 0.25) is 5.02 Å². The van der Waals surface area contributed by atoms with E-state index in [9.17, 15) is 4.79 Å². The first-order valence-electron chi connectivity index (χ1n) is 9.19. The largest absolute Gasteiger partial charge is 0.347 e. The summed E-state index contributed by atoms with van der Waals surface area (Å²) in [6, 6.07) is 8.16. The van der Waals surface area contributed by atoms with Gasteiger partial charge in [-0.3, -0.25) is 9.69 Å². The van der Waals surface area contributed by atoms with Crippen LogP contribution >= 0.6 is 11.6 Å². The molecule has 1 aromatic carbocycles. The third-order valence-electron chi connectivity index (χ3n) is 5.26. The van der Waals surface area contributed by atoms with E-state index in [1.54, 1.807) is 0 Å². The van der Waals surface area contributed by atoms with Gasteiger partial charge in [0, 0.05) is 43.7 Å². The molecule has 0 spiro atoms. The minimum absolute atomic E-state index is 0.0893. The van der Waals surface area contributed by atoms with Crippen molar-refractivity contribution in [1.82, 2.24) is 25.0 Å². The topological polar surface area (TPSA) is 63.1 Å². The Morgan fingerprint density at radius 3 is 2.85 bits per heavy atom. The SMILES string of the molecule is CC(C)NC(=O)c1nnc2n1CC1CN(Cc3cccc(Cl)c3)CC1C2.